The maximum Gasteiger partial charge on any atom is 0.226 e. The molecule has 0 fully saturated rings. The molecule has 0 saturated heterocycles. The second kappa shape index (κ2) is 1.52. The molecule has 0 amide bonds. The van der Waals surface area contributed by atoms with Crippen molar-refractivity contribution in [1.82, 2.24) is 0 Å². The maximum atomic E-state index is 8.54. The smallest absolute Gasteiger partial charge is 0.226 e. The van der Waals surface area contributed by atoms with Gasteiger partial charge < -0.3 is 14.9 Å². The molecule has 3 nitrogen and oxygen atoms in total. The minimum atomic E-state index is -1.04. The molecule has 1 aliphatic rings. The van der Waals surface area contributed by atoms with Gasteiger partial charge in [-0.3, -0.25) is 0 Å². The molecule has 2 atom stereocenters. The Bertz CT molecular complexity index is 88.9. The van der Waals surface area contributed by atoms with Crippen LogP contribution in [-0.4, -0.2) is 22.6 Å². The molecule has 40 valence electrons. The number of rotatable bonds is 0. The summed E-state index contributed by atoms with van der Waals surface area (Å²) < 4.78 is 4.39. The van der Waals surface area contributed by atoms with E-state index in [1.807, 2.05) is 0 Å². The van der Waals surface area contributed by atoms with Gasteiger partial charge in [0.15, 0.2) is 0 Å². The van der Waals surface area contributed by atoms with E-state index in [4.69, 9.17) is 10.2 Å². The van der Waals surface area contributed by atoms with Crippen LogP contribution < -0.4 is 0 Å². The molecule has 1 rings (SSSR count). The van der Waals surface area contributed by atoms with Crippen LogP contribution in [0.1, 0.15) is 0 Å². The van der Waals surface area contributed by atoms with E-state index in [-0.39, 0.29) is 0 Å². The Morgan fingerprint density at radius 3 is 2.29 bits per heavy atom. The van der Waals surface area contributed by atoms with Crippen molar-refractivity contribution < 1.29 is 14.9 Å². The van der Waals surface area contributed by atoms with Crippen LogP contribution in [0.5, 0.6) is 0 Å². The molecule has 0 aromatic heterocycles. The van der Waals surface area contributed by atoms with E-state index in [1.54, 1.807) is 0 Å². The summed E-state index contributed by atoms with van der Waals surface area (Å²) in [5, 5.41) is 17.0. The van der Waals surface area contributed by atoms with Crippen molar-refractivity contribution in [2.75, 3.05) is 0 Å². The summed E-state index contributed by atoms with van der Waals surface area (Å²) >= 11 is 0. The van der Waals surface area contributed by atoms with Gasteiger partial charge in [-0.05, 0) is 6.08 Å². The van der Waals surface area contributed by atoms with E-state index < -0.39 is 12.4 Å². The van der Waals surface area contributed by atoms with Gasteiger partial charge in [0.2, 0.25) is 6.29 Å². The lowest BCUT2D eigenvalue weighted by atomic mass is 10.4. The second-order valence-electron chi connectivity index (χ2n) is 1.35. The Morgan fingerprint density at radius 1 is 1.43 bits per heavy atom. The average Bonchev–Trinajstić information content (AvgIpc) is 1.91. The second-order valence-corrected chi connectivity index (χ2v) is 1.35. The van der Waals surface area contributed by atoms with E-state index in [0.717, 1.165) is 0 Å². The standard InChI is InChI=1S/C4H6O3/c5-3-1-2-7-4(3)6/h1-6H. The van der Waals surface area contributed by atoms with Crippen molar-refractivity contribution >= 4 is 0 Å². The molecule has 0 saturated carbocycles. The van der Waals surface area contributed by atoms with Crippen molar-refractivity contribution in [2.45, 2.75) is 12.4 Å². The lowest BCUT2D eigenvalue weighted by Gasteiger charge is -2.03. The highest BCUT2D eigenvalue weighted by molar-refractivity contribution is 4.91. The van der Waals surface area contributed by atoms with Gasteiger partial charge in [-0.2, -0.15) is 0 Å². The van der Waals surface area contributed by atoms with E-state index in [9.17, 15) is 0 Å². The summed E-state index contributed by atoms with van der Waals surface area (Å²) in [6, 6.07) is 0. The topological polar surface area (TPSA) is 49.7 Å². The predicted octanol–water partition coefficient (Wildman–Crippen LogP) is -0.790. The third kappa shape index (κ3) is 0.730. The molecule has 0 aliphatic carbocycles. The molecule has 2 N–H and O–H groups in total. The van der Waals surface area contributed by atoms with Crippen LogP contribution in [0.25, 0.3) is 0 Å². The third-order valence-corrected chi connectivity index (χ3v) is 0.786. The largest absolute Gasteiger partial charge is 0.470 e. The molecule has 1 heterocycles. The molecule has 1 aliphatic heterocycles. The predicted molar refractivity (Wildman–Crippen MR) is 22.2 cm³/mol. The molecular weight excluding hydrogens is 96.0 g/mol. The first kappa shape index (κ1) is 4.61. The zero-order valence-corrected chi connectivity index (χ0v) is 3.61. The first-order chi connectivity index (χ1) is 3.30. The third-order valence-electron chi connectivity index (χ3n) is 0.786. The van der Waals surface area contributed by atoms with Gasteiger partial charge in [0, 0.05) is 0 Å². The molecule has 0 aromatic carbocycles. The Labute approximate surface area is 40.8 Å². The molecule has 3 heteroatoms. The number of aliphatic hydroxyl groups is 2. The monoisotopic (exact) mass is 102 g/mol. The normalized spacial score (nSPS) is 38.6. The fourth-order valence-electron chi connectivity index (χ4n) is 0.382. The van der Waals surface area contributed by atoms with Crippen molar-refractivity contribution in [3.63, 3.8) is 0 Å². The molecule has 0 bridgehead atoms. The molecular formula is C4H6O3. The van der Waals surface area contributed by atoms with Crippen LogP contribution in [-0.2, 0) is 4.74 Å². The summed E-state index contributed by atoms with van der Waals surface area (Å²) in [6.45, 7) is 0. The van der Waals surface area contributed by atoms with Crippen molar-refractivity contribution in [3.05, 3.63) is 12.3 Å². The summed E-state index contributed by atoms with van der Waals surface area (Å²) in [7, 11) is 0. The van der Waals surface area contributed by atoms with Crippen molar-refractivity contribution in [2.24, 2.45) is 0 Å². The van der Waals surface area contributed by atoms with Gasteiger partial charge in [-0.1, -0.05) is 0 Å². The zero-order chi connectivity index (χ0) is 5.28. The van der Waals surface area contributed by atoms with Crippen LogP contribution in [0.15, 0.2) is 12.3 Å². The van der Waals surface area contributed by atoms with Gasteiger partial charge in [-0.25, -0.2) is 0 Å². The van der Waals surface area contributed by atoms with Crippen LogP contribution in [0, 0.1) is 0 Å². The SMILES string of the molecule is OC1C=COC1O. The van der Waals surface area contributed by atoms with Crippen LogP contribution in [0.4, 0.5) is 0 Å². The highest BCUT2D eigenvalue weighted by Crippen LogP contribution is 2.04. The van der Waals surface area contributed by atoms with Gasteiger partial charge >= 0.3 is 0 Å². The Kier molecular flexibility index (Phi) is 1.00. The lowest BCUT2D eigenvalue weighted by Crippen LogP contribution is -2.19. The van der Waals surface area contributed by atoms with E-state index in [1.165, 1.54) is 12.3 Å². The highest BCUT2D eigenvalue weighted by atomic mass is 16.6. The summed E-state index contributed by atoms with van der Waals surface area (Å²) in [5.41, 5.74) is 0. The van der Waals surface area contributed by atoms with Gasteiger partial charge in [0.05, 0.1) is 6.26 Å². The maximum absolute atomic E-state index is 8.54. The minimum absolute atomic E-state index is 0.833. The number of hydrogen-bond donors (Lipinski definition) is 2. The average molecular weight is 102 g/mol. The summed E-state index contributed by atoms with van der Waals surface area (Å²) in [5.74, 6) is 0. The van der Waals surface area contributed by atoms with Crippen LogP contribution in [0.2, 0.25) is 0 Å². The molecule has 2 unspecified atom stereocenters. The number of hydrogen-bond acceptors (Lipinski definition) is 3. The zero-order valence-electron chi connectivity index (χ0n) is 3.61. The molecule has 0 radical (unpaired) electrons. The Morgan fingerprint density at radius 2 is 2.14 bits per heavy atom. The van der Waals surface area contributed by atoms with Crippen molar-refractivity contribution in [3.8, 4) is 0 Å². The van der Waals surface area contributed by atoms with Crippen molar-refractivity contribution in [1.29, 1.82) is 0 Å². The highest BCUT2D eigenvalue weighted by Gasteiger charge is 2.17. The Balaban J connectivity index is 2.45. The minimum Gasteiger partial charge on any atom is -0.470 e. The van der Waals surface area contributed by atoms with Crippen LogP contribution in [0.3, 0.4) is 0 Å². The quantitative estimate of drug-likeness (QED) is 0.421. The fourth-order valence-corrected chi connectivity index (χ4v) is 0.382. The molecule has 0 aromatic rings. The van der Waals surface area contributed by atoms with Gasteiger partial charge in [-0.15, -0.1) is 0 Å². The Hall–Kier alpha value is -0.540. The molecule has 0 spiro atoms. The lowest BCUT2D eigenvalue weighted by molar-refractivity contribution is -0.0921. The summed E-state index contributed by atoms with van der Waals surface area (Å²) in [6.07, 6.45) is 0.778. The number of ether oxygens (including phenoxy) is 1. The van der Waals surface area contributed by atoms with Crippen LogP contribution >= 0.6 is 0 Å². The van der Waals surface area contributed by atoms with Gasteiger partial charge in [0.1, 0.15) is 6.10 Å². The van der Waals surface area contributed by atoms with E-state index in [0.29, 0.717) is 0 Å². The first-order valence-electron chi connectivity index (χ1n) is 1.99. The molecule has 7 heavy (non-hydrogen) atoms. The van der Waals surface area contributed by atoms with E-state index >= 15 is 0 Å². The number of aliphatic hydroxyl groups excluding tert-OH is 2. The summed E-state index contributed by atoms with van der Waals surface area (Å²) in [4.78, 5) is 0. The first-order valence-corrected chi connectivity index (χ1v) is 1.99. The van der Waals surface area contributed by atoms with E-state index in [2.05, 4.69) is 4.74 Å². The fraction of sp³-hybridized carbons (Fsp3) is 0.500. The van der Waals surface area contributed by atoms with Gasteiger partial charge in [0.25, 0.3) is 0 Å².